The molecule has 1 aliphatic heterocycles. The predicted octanol–water partition coefficient (Wildman–Crippen LogP) is 5.64. The number of nitrogens with one attached hydrogen (secondary N) is 1. The summed E-state index contributed by atoms with van der Waals surface area (Å²) in [4.78, 5) is 33.5. The van der Waals surface area contributed by atoms with E-state index in [1.54, 1.807) is 18.5 Å². The summed E-state index contributed by atoms with van der Waals surface area (Å²) in [6, 6.07) is 2.64. The fraction of sp³-hybridized carbons (Fsp3) is 0.346. The summed E-state index contributed by atoms with van der Waals surface area (Å²) in [6.45, 7) is 1.77. The van der Waals surface area contributed by atoms with Gasteiger partial charge in [-0.3, -0.25) is 4.99 Å². The Morgan fingerprint density at radius 3 is 2.62 bits per heavy atom. The lowest BCUT2D eigenvalue weighted by atomic mass is 9.77. The molecule has 1 aliphatic carbocycles. The van der Waals surface area contributed by atoms with Crippen molar-refractivity contribution in [2.45, 2.75) is 44.6 Å². The SMILES string of the molecule is CCOC(=O)C1=C([C@H]2CC[C@H](c3cc(C(=O)O)on3)CC2)NC(c2nccs2)=NC1c1ccc(F)c(F)c1Cl. The molecule has 0 spiro atoms. The third kappa shape index (κ3) is 5.30. The van der Waals surface area contributed by atoms with Crippen LogP contribution >= 0.6 is 22.9 Å². The average molecular weight is 577 g/mol. The van der Waals surface area contributed by atoms with E-state index >= 15 is 0 Å². The number of nitrogens with zero attached hydrogens (tertiary/aromatic N) is 3. The van der Waals surface area contributed by atoms with Gasteiger partial charge in [-0.1, -0.05) is 22.8 Å². The van der Waals surface area contributed by atoms with Crippen LogP contribution in [0, 0.1) is 17.6 Å². The quantitative estimate of drug-likeness (QED) is 0.273. The zero-order valence-corrected chi connectivity index (χ0v) is 22.2. The molecule has 0 radical (unpaired) electrons. The van der Waals surface area contributed by atoms with Crippen LogP contribution in [0.4, 0.5) is 8.78 Å². The summed E-state index contributed by atoms with van der Waals surface area (Å²) in [7, 11) is 0. The van der Waals surface area contributed by atoms with Crippen LogP contribution < -0.4 is 5.32 Å². The first-order valence-corrected chi connectivity index (χ1v) is 13.5. The van der Waals surface area contributed by atoms with Gasteiger partial charge in [0.05, 0.1) is 22.9 Å². The molecule has 5 rings (SSSR count). The fourth-order valence-corrected chi connectivity index (χ4v) is 5.85. The summed E-state index contributed by atoms with van der Waals surface area (Å²) in [5, 5.41) is 18.2. The molecule has 2 aromatic heterocycles. The van der Waals surface area contributed by atoms with E-state index in [1.807, 2.05) is 0 Å². The third-order valence-electron chi connectivity index (χ3n) is 6.86. The molecule has 1 atom stereocenters. The second-order valence-electron chi connectivity index (χ2n) is 9.12. The minimum Gasteiger partial charge on any atom is -0.475 e. The van der Waals surface area contributed by atoms with Crippen LogP contribution in [0.5, 0.6) is 0 Å². The van der Waals surface area contributed by atoms with Gasteiger partial charge in [0, 0.05) is 34.8 Å². The van der Waals surface area contributed by atoms with Crippen LogP contribution in [-0.4, -0.2) is 39.6 Å². The number of ether oxygens (including phenoxy) is 1. The molecule has 2 aliphatic rings. The lowest BCUT2D eigenvalue weighted by molar-refractivity contribution is -0.139. The van der Waals surface area contributed by atoms with Crippen molar-refractivity contribution in [3.63, 3.8) is 0 Å². The number of halogens is 3. The first-order chi connectivity index (χ1) is 18.8. The van der Waals surface area contributed by atoms with Gasteiger partial charge in [-0.15, -0.1) is 11.3 Å². The van der Waals surface area contributed by atoms with Gasteiger partial charge in [-0.25, -0.2) is 23.4 Å². The minimum atomic E-state index is -1.22. The highest BCUT2D eigenvalue weighted by atomic mass is 35.5. The van der Waals surface area contributed by atoms with E-state index in [0.717, 1.165) is 6.07 Å². The van der Waals surface area contributed by atoms with E-state index in [1.165, 1.54) is 23.5 Å². The number of benzene rings is 1. The van der Waals surface area contributed by atoms with Crippen LogP contribution in [0.15, 0.2) is 50.6 Å². The molecule has 3 heterocycles. The maximum absolute atomic E-state index is 14.5. The number of aromatic nitrogens is 2. The molecule has 1 saturated carbocycles. The summed E-state index contributed by atoms with van der Waals surface area (Å²) in [6.07, 6.45) is 4.15. The van der Waals surface area contributed by atoms with Crippen molar-refractivity contribution in [3.05, 3.63) is 79.7 Å². The Morgan fingerprint density at radius 2 is 1.97 bits per heavy atom. The number of amidine groups is 1. The average Bonchev–Trinajstić information content (AvgIpc) is 3.65. The molecule has 0 amide bonds. The van der Waals surface area contributed by atoms with Crippen LogP contribution in [-0.2, 0) is 9.53 Å². The second kappa shape index (κ2) is 11.2. The van der Waals surface area contributed by atoms with E-state index in [4.69, 9.17) is 26.0 Å². The molecule has 0 bridgehead atoms. The Kier molecular flexibility index (Phi) is 7.76. The Morgan fingerprint density at radius 1 is 1.23 bits per heavy atom. The van der Waals surface area contributed by atoms with E-state index in [9.17, 15) is 18.4 Å². The first-order valence-electron chi connectivity index (χ1n) is 12.3. The number of carbonyl (C=O) groups is 2. The maximum atomic E-state index is 14.5. The number of allylic oxidation sites excluding steroid dienone is 1. The van der Waals surface area contributed by atoms with Crippen molar-refractivity contribution in [1.82, 2.24) is 15.5 Å². The Hall–Kier alpha value is -3.64. The normalized spacial score (nSPS) is 21.3. The summed E-state index contributed by atoms with van der Waals surface area (Å²) >= 11 is 7.58. The molecule has 1 unspecified atom stereocenters. The van der Waals surface area contributed by atoms with Crippen molar-refractivity contribution in [2.24, 2.45) is 10.9 Å². The molecular weight excluding hydrogens is 554 g/mol. The molecule has 1 aromatic carbocycles. The number of carboxylic acid groups (broad SMARTS) is 1. The van der Waals surface area contributed by atoms with Gasteiger partial charge in [0.1, 0.15) is 6.04 Å². The molecule has 39 heavy (non-hydrogen) atoms. The van der Waals surface area contributed by atoms with E-state index in [0.29, 0.717) is 47.9 Å². The lowest BCUT2D eigenvalue weighted by Gasteiger charge is -2.34. The summed E-state index contributed by atoms with van der Waals surface area (Å²) in [5.41, 5.74) is 1.43. The summed E-state index contributed by atoms with van der Waals surface area (Å²) in [5.74, 6) is -4.17. The number of hydrogen-bond donors (Lipinski definition) is 2. The van der Waals surface area contributed by atoms with Gasteiger partial charge >= 0.3 is 11.9 Å². The van der Waals surface area contributed by atoms with Gasteiger partial charge in [0.2, 0.25) is 5.76 Å². The highest BCUT2D eigenvalue weighted by Crippen LogP contribution is 2.44. The maximum Gasteiger partial charge on any atom is 0.374 e. The van der Waals surface area contributed by atoms with E-state index in [-0.39, 0.29) is 35.3 Å². The van der Waals surface area contributed by atoms with Crippen molar-refractivity contribution < 1.29 is 32.7 Å². The topological polar surface area (TPSA) is 127 Å². The molecule has 13 heteroatoms. The minimum absolute atomic E-state index is 0.0168. The van der Waals surface area contributed by atoms with Gasteiger partial charge in [-0.05, 0) is 44.6 Å². The van der Waals surface area contributed by atoms with Gasteiger partial charge in [0.25, 0.3) is 0 Å². The van der Waals surface area contributed by atoms with Crippen LogP contribution in [0.25, 0.3) is 0 Å². The fourth-order valence-electron chi connectivity index (χ4n) is 5.01. The molecule has 9 nitrogen and oxygen atoms in total. The van der Waals surface area contributed by atoms with Gasteiger partial charge in [-0.2, -0.15) is 0 Å². The Labute approximate surface area is 230 Å². The number of carboxylic acids is 1. The van der Waals surface area contributed by atoms with Gasteiger partial charge in [0.15, 0.2) is 22.5 Å². The van der Waals surface area contributed by atoms with Crippen LogP contribution in [0.2, 0.25) is 5.02 Å². The smallest absolute Gasteiger partial charge is 0.374 e. The van der Waals surface area contributed by atoms with E-state index in [2.05, 4.69) is 20.4 Å². The van der Waals surface area contributed by atoms with Crippen molar-refractivity contribution in [1.29, 1.82) is 0 Å². The van der Waals surface area contributed by atoms with Crippen molar-refractivity contribution >= 4 is 40.7 Å². The van der Waals surface area contributed by atoms with Crippen LogP contribution in [0.1, 0.15) is 71.4 Å². The summed E-state index contributed by atoms with van der Waals surface area (Å²) < 4.78 is 38.8. The number of rotatable bonds is 7. The van der Waals surface area contributed by atoms with Crippen LogP contribution in [0.3, 0.4) is 0 Å². The Balaban J connectivity index is 1.54. The molecule has 2 N–H and O–H groups in total. The number of aliphatic imine (C=N–C) groups is 1. The number of esters is 1. The standard InChI is InChI=1S/C26H23ClF2N4O5S/c1-2-37-26(36)18-21(13-5-3-12(4-6-13)16-11-17(25(34)35)38-33-16)31-23(24-30-9-10-39-24)32-22(18)14-7-8-15(28)20(29)19(14)27/h7-13,22H,2-6H2,1H3,(H,31,32)(H,34,35)/t12-,13-,22?. The monoisotopic (exact) mass is 576 g/mol. The van der Waals surface area contributed by atoms with Gasteiger partial charge < -0.3 is 19.7 Å². The first kappa shape index (κ1) is 26.9. The predicted molar refractivity (Wildman–Crippen MR) is 138 cm³/mol. The van der Waals surface area contributed by atoms with Crippen molar-refractivity contribution in [3.8, 4) is 0 Å². The number of hydrogen-bond acceptors (Lipinski definition) is 9. The molecule has 0 saturated heterocycles. The zero-order chi connectivity index (χ0) is 27.7. The molecule has 204 valence electrons. The number of aromatic carboxylic acids is 1. The highest BCUT2D eigenvalue weighted by Gasteiger charge is 2.39. The lowest BCUT2D eigenvalue weighted by Crippen LogP contribution is -2.38. The highest BCUT2D eigenvalue weighted by molar-refractivity contribution is 7.11. The molecular formula is C26H23ClF2N4O5S. The number of carbonyl (C=O) groups excluding carboxylic acids is 1. The third-order valence-corrected chi connectivity index (χ3v) is 8.02. The largest absolute Gasteiger partial charge is 0.475 e. The van der Waals surface area contributed by atoms with E-state index < -0.39 is 34.6 Å². The second-order valence-corrected chi connectivity index (χ2v) is 10.4. The molecule has 1 fully saturated rings. The zero-order valence-electron chi connectivity index (χ0n) is 20.6. The molecule has 3 aromatic rings. The van der Waals surface area contributed by atoms with Crippen molar-refractivity contribution in [2.75, 3.05) is 6.61 Å². The number of thiazole rings is 1. The Bertz CT molecular complexity index is 1460.